The number of hydrogen-bond donors (Lipinski definition) is 0. The van der Waals surface area contributed by atoms with E-state index in [1.54, 1.807) is 10.9 Å². The van der Waals surface area contributed by atoms with E-state index in [0.29, 0.717) is 6.54 Å². The summed E-state index contributed by atoms with van der Waals surface area (Å²) in [5, 5.41) is 9.20. The van der Waals surface area contributed by atoms with E-state index in [-0.39, 0.29) is 11.0 Å². The fourth-order valence-corrected chi connectivity index (χ4v) is 2.81. The number of fused-ring (bicyclic) bond motifs is 1. The molecule has 3 rings (SSSR count). The van der Waals surface area contributed by atoms with Gasteiger partial charge in [0.15, 0.2) is 0 Å². The highest BCUT2D eigenvalue weighted by atomic mass is 16.1. The van der Waals surface area contributed by atoms with E-state index in [9.17, 15) is 10.1 Å². The zero-order valence-corrected chi connectivity index (χ0v) is 9.78. The Balaban J connectivity index is 1.95. The van der Waals surface area contributed by atoms with Gasteiger partial charge < -0.3 is 0 Å². The summed E-state index contributed by atoms with van der Waals surface area (Å²) in [6.45, 7) is 0.516. The molecule has 88 valence electrons. The van der Waals surface area contributed by atoms with Crippen molar-refractivity contribution in [2.75, 3.05) is 0 Å². The van der Waals surface area contributed by atoms with Crippen molar-refractivity contribution in [3.05, 3.63) is 27.9 Å². The number of aromatic nitrogens is 2. The third kappa shape index (κ3) is 1.57. The molecule has 4 nitrogen and oxygen atoms in total. The molecule has 0 saturated heterocycles. The van der Waals surface area contributed by atoms with Crippen molar-refractivity contribution in [2.24, 2.45) is 5.41 Å². The van der Waals surface area contributed by atoms with Gasteiger partial charge in [0.05, 0.1) is 23.5 Å². The van der Waals surface area contributed by atoms with Crippen molar-refractivity contribution in [2.45, 2.75) is 45.1 Å². The zero-order valence-electron chi connectivity index (χ0n) is 9.78. The van der Waals surface area contributed by atoms with Crippen LogP contribution in [0.3, 0.4) is 0 Å². The van der Waals surface area contributed by atoms with Crippen molar-refractivity contribution >= 4 is 0 Å². The Morgan fingerprint density at radius 1 is 1.41 bits per heavy atom. The van der Waals surface area contributed by atoms with Crippen LogP contribution in [0, 0.1) is 16.7 Å². The molecule has 1 aromatic rings. The summed E-state index contributed by atoms with van der Waals surface area (Å²) in [7, 11) is 0. The fraction of sp³-hybridized carbons (Fsp3) is 0.615. The molecule has 0 radical (unpaired) electrons. The van der Waals surface area contributed by atoms with E-state index >= 15 is 0 Å². The number of aryl methyl sites for hydroxylation is 1. The van der Waals surface area contributed by atoms with Gasteiger partial charge in [-0.05, 0) is 32.1 Å². The largest absolute Gasteiger partial charge is 0.297 e. The van der Waals surface area contributed by atoms with Gasteiger partial charge in [-0.2, -0.15) is 5.26 Å². The van der Waals surface area contributed by atoms with Crippen LogP contribution >= 0.6 is 0 Å². The molecule has 1 fully saturated rings. The van der Waals surface area contributed by atoms with Crippen LogP contribution < -0.4 is 5.56 Å². The second-order valence-corrected chi connectivity index (χ2v) is 5.20. The summed E-state index contributed by atoms with van der Waals surface area (Å²) < 4.78 is 1.65. The molecule has 2 aliphatic rings. The standard InChI is InChI=1S/C13H15N3O/c14-7-13(5-2-6-13)8-16-9-15-11-4-1-3-10(11)12(16)17/h9H,1-6,8H2. The highest BCUT2D eigenvalue weighted by molar-refractivity contribution is 5.22. The van der Waals surface area contributed by atoms with Gasteiger partial charge in [0.2, 0.25) is 0 Å². The molecule has 4 heteroatoms. The van der Waals surface area contributed by atoms with Gasteiger partial charge in [-0.25, -0.2) is 4.98 Å². The number of rotatable bonds is 2. The molecular weight excluding hydrogens is 214 g/mol. The maximum Gasteiger partial charge on any atom is 0.256 e. The molecule has 1 heterocycles. The second-order valence-electron chi connectivity index (χ2n) is 5.20. The Kier molecular flexibility index (Phi) is 2.29. The summed E-state index contributed by atoms with van der Waals surface area (Å²) in [4.78, 5) is 16.6. The summed E-state index contributed by atoms with van der Waals surface area (Å²) in [6, 6.07) is 2.37. The first-order valence-electron chi connectivity index (χ1n) is 6.23. The van der Waals surface area contributed by atoms with Crippen LogP contribution in [0.4, 0.5) is 0 Å². The quantitative estimate of drug-likeness (QED) is 0.770. The van der Waals surface area contributed by atoms with E-state index in [2.05, 4.69) is 11.1 Å². The smallest absolute Gasteiger partial charge is 0.256 e. The van der Waals surface area contributed by atoms with Crippen LogP contribution in [0.15, 0.2) is 11.1 Å². The minimum atomic E-state index is -0.307. The van der Waals surface area contributed by atoms with Crippen LogP contribution in [-0.2, 0) is 19.4 Å². The molecule has 0 N–H and O–H groups in total. The van der Waals surface area contributed by atoms with Crippen molar-refractivity contribution < 1.29 is 0 Å². The van der Waals surface area contributed by atoms with E-state index in [0.717, 1.165) is 49.8 Å². The van der Waals surface area contributed by atoms with Gasteiger partial charge in [0.1, 0.15) is 0 Å². The molecule has 0 aromatic carbocycles. The highest BCUT2D eigenvalue weighted by Gasteiger charge is 2.38. The van der Waals surface area contributed by atoms with Crippen LogP contribution in [0.1, 0.15) is 36.9 Å². The van der Waals surface area contributed by atoms with Gasteiger partial charge in [-0.1, -0.05) is 6.42 Å². The van der Waals surface area contributed by atoms with Crippen LogP contribution in [0.5, 0.6) is 0 Å². The number of hydrogen-bond acceptors (Lipinski definition) is 3. The first kappa shape index (κ1) is 10.5. The maximum atomic E-state index is 12.2. The van der Waals surface area contributed by atoms with E-state index in [4.69, 9.17) is 0 Å². The molecule has 1 saturated carbocycles. The molecule has 0 amide bonds. The Hall–Kier alpha value is -1.63. The lowest BCUT2D eigenvalue weighted by Gasteiger charge is -2.35. The topological polar surface area (TPSA) is 58.7 Å². The monoisotopic (exact) mass is 229 g/mol. The molecule has 0 aliphatic heterocycles. The third-order valence-corrected chi connectivity index (χ3v) is 4.08. The van der Waals surface area contributed by atoms with E-state index in [1.807, 2.05) is 0 Å². The zero-order chi connectivity index (χ0) is 11.9. The van der Waals surface area contributed by atoms with E-state index < -0.39 is 0 Å². The maximum absolute atomic E-state index is 12.2. The summed E-state index contributed by atoms with van der Waals surface area (Å²) in [5.41, 5.74) is 1.61. The normalized spacial score (nSPS) is 20.4. The minimum Gasteiger partial charge on any atom is -0.297 e. The lowest BCUT2D eigenvalue weighted by Crippen LogP contribution is -2.37. The average Bonchev–Trinajstić information content (AvgIpc) is 2.75. The predicted octanol–water partition coefficient (Wildman–Crippen LogP) is 1.43. The molecule has 17 heavy (non-hydrogen) atoms. The van der Waals surface area contributed by atoms with Crippen LogP contribution in [0.25, 0.3) is 0 Å². The van der Waals surface area contributed by atoms with Gasteiger partial charge in [-0.15, -0.1) is 0 Å². The lowest BCUT2D eigenvalue weighted by atomic mass is 9.70. The number of nitrogens with zero attached hydrogens (tertiary/aromatic N) is 3. The van der Waals surface area contributed by atoms with Gasteiger partial charge in [-0.3, -0.25) is 9.36 Å². The summed E-state index contributed by atoms with van der Waals surface area (Å²) in [5.74, 6) is 0. The van der Waals surface area contributed by atoms with Crippen molar-refractivity contribution in [3.8, 4) is 6.07 Å². The van der Waals surface area contributed by atoms with E-state index in [1.165, 1.54) is 0 Å². The predicted molar refractivity (Wildman–Crippen MR) is 62.4 cm³/mol. The Morgan fingerprint density at radius 2 is 2.24 bits per heavy atom. The van der Waals surface area contributed by atoms with Crippen molar-refractivity contribution in [1.29, 1.82) is 5.26 Å². The Labute approximate surface area is 99.9 Å². The first-order valence-corrected chi connectivity index (χ1v) is 6.23. The minimum absolute atomic E-state index is 0.0778. The molecular formula is C13H15N3O. The Bertz CT molecular complexity index is 549. The van der Waals surface area contributed by atoms with Gasteiger partial charge in [0, 0.05) is 12.1 Å². The lowest BCUT2D eigenvalue weighted by molar-refractivity contribution is 0.179. The SMILES string of the molecule is N#CC1(Cn2cnc3c(c2=O)CCC3)CCC1. The molecule has 0 spiro atoms. The average molecular weight is 229 g/mol. The van der Waals surface area contributed by atoms with Gasteiger partial charge >= 0.3 is 0 Å². The molecule has 2 aliphatic carbocycles. The third-order valence-electron chi connectivity index (χ3n) is 4.08. The molecule has 1 aromatic heterocycles. The second kappa shape index (κ2) is 3.69. The summed E-state index contributed by atoms with van der Waals surface area (Å²) in [6.07, 6.45) is 7.35. The fourth-order valence-electron chi connectivity index (χ4n) is 2.81. The molecule has 0 bridgehead atoms. The van der Waals surface area contributed by atoms with Crippen molar-refractivity contribution in [3.63, 3.8) is 0 Å². The molecule has 0 atom stereocenters. The number of nitriles is 1. The van der Waals surface area contributed by atoms with Crippen LogP contribution in [0.2, 0.25) is 0 Å². The summed E-state index contributed by atoms with van der Waals surface area (Å²) >= 11 is 0. The molecule has 0 unspecified atom stereocenters. The van der Waals surface area contributed by atoms with Gasteiger partial charge in [0.25, 0.3) is 5.56 Å². The highest BCUT2D eigenvalue weighted by Crippen LogP contribution is 2.41. The van der Waals surface area contributed by atoms with Crippen LogP contribution in [-0.4, -0.2) is 9.55 Å². The first-order chi connectivity index (χ1) is 8.24. The Morgan fingerprint density at radius 3 is 2.88 bits per heavy atom. The van der Waals surface area contributed by atoms with Crippen molar-refractivity contribution in [1.82, 2.24) is 9.55 Å².